The van der Waals surface area contributed by atoms with Gasteiger partial charge in [-0.15, -0.1) is 0 Å². The molecule has 0 unspecified atom stereocenters. The van der Waals surface area contributed by atoms with Crippen LogP contribution < -0.4 is 0 Å². The molecule has 0 bridgehead atoms. The molecule has 0 fully saturated rings. The van der Waals surface area contributed by atoms with Crippen molar-refractivity contribution in [1.82, 2.24) is 19.8 Å². The van der Waals surface area contributed by atoms with Crippen molar-refractivity contribution in [3.05, 3.63) is 17.6 Å². The van der Waals surface area contributed by atoms with Gasteiger partial charge in [-0.25, -0.2) is 0 Å². The van der Waals surface area contributed by atoms with Gasteiger partial charge in [-0.1, -0.05) is 6.92 Å². The molecular formula is C7H10N4. The lowest BCUT2D eigenvalue weighted by Crippen LogP contribution is -1.89. The van der Waals surface area contributed by atoms with Crippen molar-refractivity contribution in [2.24, 2.45) is 0 Å². The maximum atomic E-state index is 4.31. The van der Waals surface area contributed by atoms with E-state index < -0.39 is 0 Å². The second-order valence-corrected chi connectivity index (χ2v) is 2.56. The molecule has 0 aromatic carbocycles. The predicted octanol–water partition coefficient (Wildman–Crippen LogP) is 0.928. The van der Waals surface area contributed by atoms with Crippen LogP contribution in [0.2, 0.25) is 0 Å². The van der Waals surface area contributed by atoms with Crippen LogP contribution in [0.3, 0.4) is 0 Å². The number of aryl methyl sites for hydroxylation is 2. The van der Waals surface area contributed by atoms with E-state index in [2.05, 4.69) is 22.2 Å². The lowest BCUT2D eigenvalue weighted by atomic mass is 10.3. The molecule has 11 heavy (non-hydrogen) atoms. The maximum absolute atomic E-state index is 4.31. The van der Waals surface area contributed by atoms with Crippen molar-refractivity contribution in [1.29, 1.82) is 0 Å². The van der Waals surface area contributed by atoms with Gasteiger partial charge in [0, 0.05) is 6.07 Å². The molecule has 2 heterocycles. The molecule has 4 nitrogen and oxygen atoms in total. The molecule has 2 aromatic heterocycles. The van der Waals surface area contributed by atoms with Crippen molar-refractivity contribution in [2.45, 2.75) is 20.3 Å². The smallest absolute Gasteiger partial charge is 0.151 e. The first kappa shape index (κ1) is 6.39. The van der Waals surface area contributed by atoms with Crippen LogP contribution in [0.1, 0.15) is 18.4 Å². The first-order valence-corrected chi connectivity index (χ1v) is 3.71. The van der Waals surface area contributed by atoms with E-state index in [1.807, 2.05) is 17.5 Å². The average Bonchev–Trinajstić information content (AvgIpc) is 2.53. The molecular weight excluding hydrogens is 140 g/mol. The normalized spacial score (nSPS) is 11.1. The number of hydrogen-bond donors (Lipinski definition) is 1. The van der Waals surface area contributed by atoms with Crippen molar-refractivity contribution in [3.63, 3.8) is 0 Å². The maximum Gasteiger partial charge on any atom is 0.151 e. The molecule has 0 radical (unpaired) electrons. The van der Waals surface area contributed by atoms with E-state index in [-0.39, 0.29) is 0 Å². The molecule has 0 aliphatic heterocycles. The monoisotopic (exact) mass is 150 g/mol. The fourth-order valence-corrected chi connectivity index (χ4v) is 1.11. The van der Waals surface area contributed by atoms with Gasteiger partial charge >= 0.3 is 0 Å². The molecule has 2 aromatic rings. The third-order valence-electron chi connectivity index (χ3n) is 1.76. The van der Waals surface area contributed by atoms with Crippen LogP contribution in [0, 0.1) is 6.92 Å². The molecule has 4 heteroatoms. The van der Waals surface area contributed by atoms with Gasteiger partial charge in [0.15, 0.2) is 5.65 Å². The zero-order chi connectivity index (χ0) is 7.84. The Bertz CT molecular complexity index is 371. The predicted molar refractivity (Wildman–Crippen MR) is 41.5 cm³/mol. The third-order valence-corrected chi connectivity index (χ3v) is 1.76. The molecule has 0 aliphatic rings. The number of nitrogens with one attached hydrogen (secondary N) is 1. The van der Waals surface area contributed by atoms with E-state index in [9.17, 15) is 0 Å². The summed E-state index contributed by atoms with van der Waals surface area (Å²) in [6.07, 6.45) is 0.967. The topological polar surface area (TPSA) is 46.0 Å². The minimum absolute atomic E-state index is 0.903. The van der Waals surface area contributed by atoms with Gasteiger partial charge < -0.3 is 0 Å². The Hall–Kier alpha value is -1.32. The molecule has 0 spiro atoms. The molecule has 0 amide bonds. The summed E-state index contributed by atoms with van der Waals surface area (Å²) in [7, 11) is 0. The highest BCUT2D eigenvalue weighted by molar-refractivity contribution is 5.38. The molecule has 0 saturated heterocycles. The Balaban J connectivity index is 2.70. The standard InChI is InChI=1S/C7H10N4/c1-3-6-4-7-9-8-5(2)11(7)10-6/h4,9H,3H2,1-2H3. The van der Waals surface area contributed by atoms with Crippen LogP contribution in [0.4, 0.5) is 0 Å². The summed E-state index contributed by atoms with van der Waals surface area (Å²) in [4.78, 5) is 0. The Morgan fingerprint density at radius 1 is 1.64 bits per heavy atom. The summed E-state index contributed by atoms with van der Waals surface area (Å²) < 4.78 is 1.82. The highest BCUT2D eigenvalue weighted by Crippen LogP contribution is 2.04. The molecule has 0 saturated carbocycles. The van der Waals surface area contributed by atoms with E-state index in [1.165, 1.54) is 0 Å². The third kappa shape index (κ3) is 0.824. The van der Waals surface area contributed by atoms with E-state index in [0.29, 0.717) is 0 Å². The largest absolute Gasteiger partial charge is 0.259 e. The number of nitrogens with zero attached hydrogens (tertiary/aromatic N) is 3. The van der Waals surface area contributed by atoms with Crippen LogP contribution in [0.5, 0.6) is 0 Å². The minimum atomic E-state index is 0.903. The zero-order valence-electron chi connectivity index (χ0n) is 6.63. The van der Waals surface area contributed by atoms with Gasteiger partial charge in [-0.2, -0.15) is 14.7 Å². The van der Waals surface area contributed by atoms with Crippen LogP contribution >= 0.6 is 0 Å². The lowest BCUT2D eigenvalue weighted by Gasteiger charge is -1.83. The zero-order valence-corrected chi connectivity index (χ0v) is 6.63. The van der Waals surface area contributed by atoms with E-state index >= 15 is 0 Å². The van der Waals surface area contributed by atoms with E-state index in [1.54, 1.807) is 0 Å². The lowest BCUT2D eigenvalue weighted by molar-refractivity contribution is 0.853. The number of aromatic amines is 1. The number of H-pyrrole nitrogens is 1. The molecule has 58 valence electrons. The van der Waals surface area contributed by atoms with Gasteiger partial charge in [0.25, 0.3) is 0 Å². The van der Waals surface area contributed by atoms with Crippen LogP contribution in [0.25, 0.3) is 5.65 Å². The Kier molecular flexibility index (Phi) is 1.21. The Morgan fingerprint density at radius 2 is 2.45 bits per heavy atom. The number of fused-ring (bicyclic) bond motifs is 1. The van der Waals surface area contributed by atoms with Gasteiger partial charge in [-0.05, 0) is 13.3 Å². The second-order valence-electron chi connectivity index (χ2n) is 2.56. The first-order chi connectivity index (χ1) is 5.31. The van der Waals surface area contributed by atoms with E-state index in [4.69, 9.17) is 0 Å². The SMILES string of the molecule is CCc1cc2[nH]nc(C)n2n1. The summed E-state index contributed by atoms with van der Waals surface area (Å²) in [5.74, 6) is 0.903. The number of rotatable bonds is 1. The van der Waals surface area contributed by atoms with Crippen LogP contribution in [-0.4, -0.2) is 19.8 Å². The summed E-state index contributed by atoms with van der Waals surface area (Å²) in [5, 5.41) is 11.2. The average molecular weight is 150 g/mol. The minimum Gasteiger partial charge on any atom is -0.259 e. The fourth-order valence-electron chi connectivity index (χ4n) is 1.11. The van der Waals surface area contributed by atoms with Crippen LogP contribution in [-0.2, 0) is 6.42 Å². The summed E-state index contributed by atoms with van der Waals surface area (Å²) >= 11 is 0. The van der Waals surface area contributed by atoms with Gasteiger partial charge in [0.2, 0.25) is 0 Å². The quantitative estimate of drug-likeness (QED) is 0.657. The van der Waals surface area contributed by atoms with Crippen molar-refractivity contribution >= 4 is 5.65 Å². The number of hydrogen-bond acceptors (Lipinski definition) is 2. The van der Waals surface area contributed by atoms with Crippen LogP contribution in [0.15, 0.2) is 6.07 Å². The van der Waals surface area contributed by atoms with Gasteiger partial charge in [-0.3, -0.25) is 5.10 Å². The van der Waals surface area contributed by atoms with Crippen molar-refractivity contribution < 1.29 is 0 Å². The first-order valence-electron chi connectivity index (χ1n) is 3.71. The highest BCUT2D eigenvalue weighted by Gasteiger charge is 2.02. The summed E-state index contributed by atoms with van der Waals surface area (Å²) in [5.41, 5.74) is 2.07. The van der Waals surface area contributed by atoms with Gasteiger partial charge in [0.1, 0.15) is 5.82 Å². The molecule has 0 aliphatic carbocycles. The van der Waals surface area contributed by atoms with E-state index in [0.717, 1.165) is 23.6 Å². The van der Waals surface area contributed by atoms with Crippen molar-refractivity contribution in [3.8, 4) is 0 Å². The summed E-state index contributed by atoms with van der Waals surface area (Å²) in [6, 6.07) is 2.01. The highest BCUT2D eigenvalue weighted by atomic mass is 15.4. The summed E-state index contributed by atoms with van der Waals surface area (Å²) in [6.45, 7) is 4.01. The fraction of sp³-hybridized carbons (Fsp3) is 0.429. The number of aromatic nitrogens is 4. The Labute approximate surface area is 64.2 Å². The van der Waals surface area contributed by atoms with Crippen molar-refractivity contribution in [2.75, 3.05) is 0 Å². The molecule has 0 atom stereocenters. The molecule has 1 N–H and O–H groups in total. The van der Waals surface area contributed by atoms with Gasteiger partial charge in [0.05, 0.1) is 5.69 Å². The molecule has 2 rings (SSSR count). The second kappa shape index (κ2) is 2.08. The Morgan fingerprint density at radius 3 is 3.09 bits per heavy atom.